The van der Waals surface area contributed by atoms with Crippen molar-refractivity contribution in [3.05, 3.63) is 31.8 Å². The molecular formula is C15H19BrINO. The van der Waals surface area contributed by atoms with E-state index >= 15 is 0 Å². The number of nitrogens with zero attached hydrogens (tertiary/aromatic N) is 1. The van der Waals surface area contributed by atoms with E-state index in [1.807, 2.05) is 23.1 Å². The second kappa shape index (κ2) is 6.12. The third-order valence-corrected chi connectivity index (χ3v) is 5.45. The van der Waals surface area contributed by atoms with Gasteiger partial charge in [-0.15, -0.1) is 0 Å². The van der Waals surface area contributed by atoms with Crippen molar-refractivity contribution in [3.63, 3.8) is 0 Å². The number of rotatable bonds is 1. The Labute approximate surface area is 137 Å². The van der Waals surface area contributed by atoms with Crippen LogP contribution in [0.25, 0.3) is 0 Å². The predicted molar refractivity (Wildman–Crippen MR) is 90.3 cm³/mol. The van der Waals surface area contributed by atoms with Crippen LogP contribution in [-0.2, 0) is 0 Å². The molecule has 1 aliphatic heterocycles. The quantitative estimate of drug-likeness (QED) is 0.592. The second-order valence-electron chi connectivity index (χ2n) is 5.64. The number of piperidine rings is 1. The molecule has 1 aliphatic rings. The summed E-state index contributed by atoms with van der Waals surface area (Å²) in [5.41, 5.74) is 0.808. The molecule has 0 N–H and O–H groups in total. The van der Waals surface area contributed by atoms with Crippen LogP contribution in [0, 0.1) is 15.4 Å². The molecule has 2 nitrogen and oxygen atoms in total. The average Bonchev–Trinajstić information content (AvgIpc) is 2.36. The standard InChI is InChI=1S/C15H19BrINO/c1-9-6-10(2)11(3)18(8-9)15(19)13-7-12(16)4-5-14(13)17/h4-5,7,9-11H,6,8H2,1-3H3. The van der Waals surface area contributed by atoms with Crippen LogP contribution in [0.4, 0.5) is 0 Å². The van der Waals surface area contributed by atoms with Gasteiger partial charge in [0.1, 0.15) is 0 Å². The van der Waals surface area contributed by atoms with Gasteiger partial charge in [0.05, 0.1) is 5.56 Å². The molecule has 0 radical (unpaired) electrons. The molecule has 104 valence electrons. The van der Waals surface area contributed by atoms with E-state index in [-0.39, 0.29) is 5.91 Å². The van der Waals surface area contributed by atoms with Gasteiger partial charge in [0.25, 0.3) is 5.91 Å². The molecule has 1 amide bonds. The minimum atomic E-state index is 0.164. The zero-order valence-corrected chi connectivity index (χ0v) is 15.2. The fourth-order valence-electron chi connectivity index (χ4n) is 2.80. The van der Waals surface area contributed by atoms with Crippen molar-refractivity contribution in [2.24, 2.45) is 11.8 Å². The monoisotopic (exact) mass is 435 g/mol. The van der Waals surface area contributed by atoms with Crippen molar-refractivity contribution >= 4 is 44.4 Å². The maximum Gasteiger partial charge on any atom is 0.255 e. The topological polar surface area (TPSA) is 20.3 Å². The van der Waals surface area contributed by atoms with E-state index in [2.05, 4.69) is 59.3 Å². The second-order valence-corrected chi connectivity index (χ2v) is 7.72. The van der Waals surface area contributed by atoms with Gasteiger partial charge in [-0.05, 0) is 66.0 Å². The average molecular weight is 436 g/mol. The van der Waals surface area contributed by atoms with Gasteiger partial charge >= 0.3 is 0 Å². The van der Waals surface area contributed by atoms with Crippen LogP contribution in [0.15, 0.2) is 22.7 Å². The van der Waals surface area contributed by atoms with E-state index in [0.717, 1.165) is 20.2 Å². The van der Waals surface area contributed by atoms with Gasteiger partial charge in [0.2, 0.25) is 0 Å². The smallest absolute Gasteiger partial charge is 0.255 e. The Morgan fingerprint density at radius 1 is 1.37 bits per heavy atom. The molecule has 0 aromatic heterocycles. The van der Waals surface area contributed by atoms with Crippen LogP contribution in [0.2, 0.25) is 0 Å². The van der Waals surface area contributed by atoms with Crippen molar-refractivity contribution in [2.45, 2.75) is 33.2 Å². The summed E-state index contributed by atoms with van der Waals surface area (Å²) < 4.78 is 1.98. The van der Waals surface area contributed by atoms with Crippen molar-refractivity contribution < 1.29 is 4.79 Å². The van der Waals surface area contributed by atoms with E-state index in [0.29, 0.717) is 17.9 Å². The predicted octanol–water partition coefficient (Wildman–Crippen LogP) is 4.56. The Balaban J connectivity index is 2.30. The number of hydrogen-bond acceptors (Lipinski definition) is 1. The molecule has 1 aromatic rings. The Morgan fingerprint density at radius 3 is 2.74 bits per heavy atom. The third-order valence-electron chi connectivity index (χ3n) is 4.02. The van der Waals surface area contributed by atoms with Crippen LogP contribution in [0.1, 0.15) is 37.6 Å². The molecule has 0 aliphatic carbocycles. The highest BCUT2D eigenvalue weighted by Crippen LogP contribution is 2.29. The SMILES string of the molecule is CC1CC(C)C(C)N(C(=O)c2cc(Br)ccc2I)C1. The zero-order valence-electron chi connectivity index (χ0n) is 11.5. The number of amides is 1. The lowest BCUT2D eigenvalue weighted by molar-refractivity contribution is 0.0454. The Bertz CT molecular complexity index is 491. The summed E-state index contributed by atoms with van der Waals surface area (Å²) in [5.74, 6) is 1.31. The van der Waals surface area contributed by atoms with E-state index < -0.39 is 0 Å². The molecule has 3 atom stereocenters. The number of halogens is 2. The fraction of sp³-hybridized carbons (Fsp3) is 0.533. The highest BCUT2D eigenvalue weighted by Gasteiger charge is 2.32. The van der Waals surface area contributed by atoms with Crippen molar-refractivity contribution in [3.8, 4) is 0 Å². The molecular weight excluding hydrogens is 417 g/mol. The van der Waals surface area contributed by atoms with Crippen LogP contribution in [-0.4, -0.2) is 23.4 Å². The first-order chi connectivity index (χ1) is 8.90. The summed E-state index contributed by atoms with van der Waals surface area (Å²) >= 11 is 5.69. The largest absolute Gasteiger partial charge is 0.335 e. The van der Waals surface area contributed by atoms with Gasteiger partial charge in [-0.25, -0.2) is 0 Å². The van der Waals surface area contributed by atoms with Crippen LogP contribution < -0.4 is 0 Å². The molecule has 1 heterocycles. The maximum absolute atomic E-state index is 12.8. The van der Waals surface area contributed by atoms with Gasteiger partial charge in [-0.2, -0.15) is 0 Å². The molecule has 3 unspecified atom stereocenters. The highest BCUT2D eigenvalue weighted by molar-refractivity contribution is 14.1. The number of carbonyl (C=O) groups excluding carboxylic acids is 1. The first kappa shape index (κ1) is 15.3. The Hall–Kier alpha value is -0.100. The molecule has 0 spiro atoms. The van der Waals surface area contributed by atoms with Crippen molar-refractivity contribution in [1.82, 2.24) is 4.90 Å². The molecule has 4 heteroatoms. The Kier molecular flexibility index (Phi) is 4.93. The highest BCUT2D eigenvalue weighted by atomic mass is 127. The van der Waals surface area contributed by atoms with E-state index in [4.69, 9.17) is 0 Å². The summed E-state index contributed by atoms with van der Waals surface area (Å²) in [5, 5.41) is 0. The molecule has 1 fully saturated rings. The lowest BCUT2D eigenvalue weighted by Crippen LogP contribution is -2.49. The number of benzene rings is 1. The van der Waals surface area contributed by atoms with E-state index in [9.17, 15) is 4.79 Å². The normalized spacial score (nSPS) is 27.4. The van der Waals surface area contributed by atoms with Gasteiger partial charge in [-0.1, -0.05) is 29.8 Å². The summed E-state index contributed by atoms with van der Waals surface area (Å²) in [4.78, 5) is 14.8. The van der Waals surface area contributed by atoms with E-state index in [1.54, 1.807) is 0 Å². The zero-order chi connectivity index (χ0) is 14.2. The summed E-state index contributed by atoms with van der Waals surface area (Å²) in [7, 11) is 0. The van der Waals surface area contributed by atoms with Gasteiger partial charge < -0.3 is 4.90 Å². The minimum absolute atomic E-state index is 0.164. The summed E-state index contributed by atoms with van der Waals surface area (Å²) in [6.45, 7) is 7.51. The molecule has 0 bridgehead atoms. The van der Waals surface area contributed by atoms with Gasteiger partial charge in [0, 0.05) is 20.6 Å². The van der Waals surface area contributed by atoms with Crippen molar-refractivity contribution in [2.75, 3.05) is 6.54 Å². The van der Waals surface area contributed by atoms with Crippen molar-refractivity contribution in [1.29, 1.82) is 0 Å². The summed E-state index contributed by atoms with van der Waals surface area (Å²) in [6.07, 6.45) is 1.21. The van der Waals surface area contributed by atoms with Crippen LogP contribution >= 0.6 is 38.5 Å². The first-order valence-corrected chi connectivity index (χ1v) is 8.53. The molecule has 1 aromatic carbocycles. The number of likely N-dealkylation sites (tertiary alicyclic amines) is 1. The first-order valence-electron chi connectivity index (χ1n) is 6.66. The minimum Gasteiger partial charge on any atom is -0.335 e. The Morgan fingerprint density at radius 2 is 2.05 bits per heavy atom. The summed E-state index contributed by atoms with van der Waals surface area (Å²) in [6, 6.07) is 6.21. The molecule has 19 heavy (non-hydrogen) atoms. The molecule has 0 saturated carbocycles. The van der Waals surface area contributed by atoms with Crippen LogP contribution in [0.3, 0.4) is 0 Å². The van der Waals surface area contributed by atoms with Gasteiger partial charge in [-0.3, -0.25) is 4.79 Å². The van der Waals surface area contributed by atoms with Gasteiger partial charge in [0.15, 0.2) is 0 Å². The van der Waals surface area contributed by atoms with E-state index in [1.165, 1.54) is 6.42 Å². The molecule has 1 saturated heterocycles. The maximum atomic E-state index is 12.8. The lowest BCUT2D eigenvalue weighted by Gasteiger charge is -2.41. The number of hydrogen-bond donors (Lipinski definition) is 0. The molecule has 2 rings (SSSR count). The van der Waals surface area contributed by atoms with Crippen LogP contribution in [0.5, 0.6) is 0 Å². The number of carbonyl (C=O) groups is 1. The third kappa shape index (κ3) is 3.32. The fourth-order valence-corrected chi connectivity index (χ4v) is 3.73. The lowest BCUT2D eigenvalue weighted by atomic mass is 9.85.